The Morgan fingerprint density at radius 2 is 2.05 bits per heavy atom. The lowest BCUT2D eigenvalue weighted by molar-refractivity contribution is -0.122. The van der Waals surface area contributed by atoms with Crippen molar-refractivity contribution in [3.63, 3.8) is 0 Å². The minimum absolute atomic E-state index is 0.234. The van der Waals surface area contributed by atoms with Gasteiger partial charge in [0, 0.05) is 23.7 Å². The van der Waals surface area contributed by atoms with Crippen LogP contribution in [-0.2, 0) is 9.53 Å². The third-order valence-electron chi connectivity index (χ3n) is 2.65. The second-order valence-corrected chi connectivity index (χ2v) is 5.41. The van der Waals surface area contributed by atoms with E-state index < -0.39 is 6.04 Å². The molecule has 0 radical (unpaired) electrons. The van der Waals surface area contributed by atoms with Crippen molar-refractivity contribution < 1.29 is 14.3 Å². The zero-order chi connectivity index (χ0) is 15.1. The molecule has 1 aromatic carbocycles. The van der Waals surface area contributed by atoms with E-state index in [2.05, 4.69) is 26.6 Å². The summed E-state index contributed by atoms with van der Waals surface area (Å²) in [5.74, 6) is -0.508. The number of aryl methyl sites for hydroxylation is 1. The minimum atomic E-state index is -0.598. The largest absolute Gasteiger partial charge is 0.383 e. The van der Waals surface area contributed by atoms with Crippen LogP contribution in [-0.4, -0.2) is 38.1 Å². The second-order valence-electron chi connectivity index (χ2n) is 4.50. The molecule has 0 saturated heterocycles. The van der Waals surface area contributed by atoms with Gasteiger partial charge in [-0.1, -0.05) is 15.9 Å². The lowest BCUT2D eigenvalue weighted by Crippen LogP contribution is -2.45. The highest BCUT2D eigenvalue weighted by Gasteiger charge is 2.16. The van der Waals surface area contributed by atoms with Gasteiger partial charge in [0.1, 0.15) is 6.04 Å². The van der Waals surface area contributed by atoms with Gasteiger partial charge < -0.3 is 15.4 Å². The van der Waals surface area contributed by atoms with Gasteiger partial charge in [-0.15, -0.1) is 0 Å². The Bertz CT molecular complexity index is 471. The Morgan fingerprint density at radius 3 is 2.65 bits per heavy atom. The first kappa shape index (κ1) is 16.7. The highest BCUT2D eigenvalue weighted by atomic mass is 79.9. The first-order chi connectivity index (χ1) is 9.43. The van der Waals surface area contributed by atoms with Gasteiger partial charge in [0.15, 0.2) is 0 Å². The Hall–Kier alpha value is -1.40. The number of amides is 2. The molecule has 1 aromatic rings. The van der Waals surface area contributed by atoms with Crippen LogP contribution in [0.4, 0.5) is 0 Å². The molecule has 2 amide bonds. The Labute approximate surface area is 127 Å². The van der Waals surface area contributed by atoms with E-state index in [4.69, 9.17) is 4.74 Å². The molecule has 1 atom stereocenters. The molecule has 0 heterocycles. The molecule has 0 aliphatic rings. The summed E-state index contributed by atoms with van der Waals surface area (Å²) < 4.78 is 5.67. The molecule has 0 saturated carbocycles. The van der Waals surface area contributed by atoms with Crippen molar-refractivity contribution in [1.29, 1.82) is 0 Å². The highest BCUT2D eigenvalue weighted by Crippen LogP contribution is 2.15. The zero-order valence-corrected chi connectivity index (χ0v) is 13.4. The van der Waals surface area contributed by atoms with Crippen LogP contribution < -0.4 is 10.6 Å². The van der Waals surface area contributed by atoms with Crippen molar-refractivity contribution >= 4 is 27.7 Å². The summed E-state index contributed by atoms with van der Waals surface area (Å²) in [6.45, 7) is 4.41. The quantitative estimate of drug-likeness (QED) is 0.772. The van der Waals surface area contributed by atoms with Gasteiger partial charge in [-0.25, -0.2) is 0 Å². The predicted octanol–water partition coefficient (Wildman–Crippen LogP) is 1.64. The third-order valence-corrected chi connectivity index (χ3v) is 3.11. The van der Waals surface area contributed by atoms with Crippen LogP contribution in [0.2, 0.25) is 0 Å². The van der Waals surface area contributed by atoms with E-state index in [0.717, 1.165) is 10.0 Å². The fourth-order valence-electron chi connectivity index (χ4n) is 1.64. The molecule has 110 valence electrons. The lowest BCUT2D eigenvalue weighted by Gasteiger charge is -2.14. The fraction of sp³-hybridized carbons (Fsp3) is 0.429. The molecule has 0 aromatic heterocycles. The van der Waals surface area contributed by atoms with Crippen LogP contribution in [0.15, 0.2) is 22.7 Å². The van der Waals surface area contributed by atoms with Crippen molar-refractivity contribution in [1.82, 2.24) is 10.6 Å². The summed E-state index contributed by atoms with van der Waals surface area (Å²) in [6.07, 6.45) is 0. The summed E-state index contributed by atoms with van der Waals surface area (Å²) >= 11 is 3.35. The average molecular weight is 343 g/mol. The molecule has 1 unspecified atom stereocenters. The van der Waals surface area contributed by atoms with Crippen molar-refractivity contribution in [3.05, 3.63) is 33.8 Å². The van der Waals surface area contributed by atoms with E-state index in [-0.39, 0.29) is 11.8 Å². The van der Waals surface area contributed by atoms with Gasteiger partial charge in [-0.2, -0.15) is 0 Å². The number of benzene rings is 1. The molecular formula is C14H19BrN2O3. The predicted molar refractivity (Wildman–Crippen MR) is 80.7 cm³/mol. The summed E-state index contributed by atoms with van der Waals surface area (Å²) in [7, 11) is 1.56. The summed E-state index contributed by atoms with van der Waals surface area (Å²) in [5.41, 5.74) is 1.50. The number of methoxy groups -OCH3 is 1. The van der Waals surface area contributed by atoms with Gasteiger partial charge >= 0.3 is 0 Å². The summed E-state index contributed by atoms with van der Waals surface area (Å²) in [6, 6.07) is 4.81. The summed E-state index contributed by atoms with van der Waals surface area (Å²) in [4.78, 5) is 23.8. The van der Waals surface area contributed by atoms with E-state index in [0.29, 0.717) is 18.7 Å². The van der Waals surface area contributed by atoms with Crippen LogP contribution in [0, 0.1) is 6.92 Å². The van der Waals surface area contributed by atoms with Gasteiger partial charge in [0.25, 0.3) is 5.91 Å². The first-order valence-corrected chi connectivity index (χ1v) is 7.08. The van der Waals surface area contributed by atoms with Gasteiger partial charge in [-0.05, 0) is 37.6 Å². The fourth-order valence-corrected chi connectivity index (χ4v) is 2.25. The van der Waals surface area contributed by atoms with Gasteiger partial charge in [-0.3, -0.25) is 9.59 Å². The molecule has 5 nitrogen and oxygen atoms in total. The molecule has 0 bridgehead atoms. The Morgan fingerprint density at radius 1 is 1.35 bits per heavy atom. The number of ether oxygens (including phenoxy) is 1. The molecule has 6 heteroatoms. The molecule has 2 N–H and O–H groups in total. The van der Waals surface area contributed by atoms with Crippen LogP contribution in [0.3, 0.4) is 0 Å². The van der Waals surface area contributed by atoms with Gasteiger partial charge in [0.05, 0.1) is 6.61 Å². The average Bonchev–Trinajstić information content (AvgIpc) is 2.37. The van der Waals surface area contributed by atoms with E-state index >= 15 is 0 Å². The van der Waals surface area contributed by atoms with E-state index in [9.17, 15) is 9.59 Å². The lowest BCUT2D eigenvalue weighted by atomic mass is 10.1. The van der Waals surface area contributed by atoms with E-state index in [1.54, 1.807) is 26.2 Å². The maximum atomic E-state index is 12.1. The van der Waals surface area contributed by atoms with Crippen molar-refractivity contribution in [2.45, 2.75) is 19.9 Å². The smallest absolute Gasteiger partial charge is 0.251 e. The maximum Gasteiger partial charge on any atom is 0.251 e. The van der Waals surface area contributed by atoms with Crippen LogP contribution in [0.1, 0.15) is 22.8 Å². The Balaban J connectivity index is 2.58. The Kier molecular flexibility index (Phi) is 6.67. The number of hydrogen-bond acceptors (Lipinski definition) is 3. The molecule has 0 fully saturated rings. The molecule has 20 heavy (non-hydrogen) atoms. The maximum absolute atomic E-state index is 12.1. The zero-order valence-electron chi connectivity index (χ0n) is 11.8. The van der Waals surface area contributed by atoms with Crippen molar-refractivity contribution in [2.75, 3.05) is 20.3 Å². The van der Waals surface area contributed by atoms with Crippen LogP contribution >= 0.6 is 15.9 Å². The first-order valence-electron chi connectivity index (χ1n) is 6.28. The monoisotopic (exact) mass is 342 g/mol. The summed E-state index contributed by atoms with van der Waals surface area (Å²) in [5, 5.41) is 5.34. The van der Waals surface area contributed by atoms with Crippen molar-refractivity contribution in [2.24, 2.45) is 0 Å². The molecule has 0 aliphatic carbocycles. The van der Waals surface area contributed by atoms with E-state index in [1.165, 1.54) is 0 Å². The third kappa shape index (κ3) is 5.30. The molecular weight excluding hydrogens is 324 g/mol. The van der Waals surface area contributed by atoms with Crippen LogP contribution in [0.5, 0.6) is 0 Å². The molecule has 0 spiro atoms. The standard InChI is InChI=1S/C14H19BrN2O3/c1-9-6-11(8-12(15)7-9)14(19)17-10(2)13(18)16-4-5-20-3/h6-8,10H,4-5H2,1-3H3,(H,16,18)(H,17,19). The highest BCUT2D eigenvalue weighted by molar-refractivity contribution is 9.10. The molecule has 0 aliphatic heterocycles. The van der Waals surface area contributed by atoms with Crippen LogP contribution in [0.25, 0.3) is 0 Å². The number of halogens is 1. The number of rotatable bonds is 6. The SMILES string of the molecule is COCCNC(=O)C(C)NC(=O)c1cc(C)cc(Br)c1. The molecule has 1 rings (SSSR count). The van der Waals surface area contributed by atoms with Crippen molar-refractivity contribution in [3.8, 4) is 0 Å². The van der Waals surface area contributed by atoms with E-state index in [1.807, 2.05) is 13.0 Å². The van der Waals surface area contributed by atoms with Gasteiger partial charge in [0.2, 0.25) is 5.91 Å². The minimum Gasteiger partial charge on any atom is -0.383 e. The number of carbonyl (C=O) groups is 2. The topological polar surface area (TPSA) is 67.4 Å². The number of carbonyl (C=O) groups excluding carboxylic acids is 2. The number of hydrogen-bond donors (Lipinski definition) is 2. The normalized spacial score (nSPS) is 11.8. The number of nitrogens with one attached hydrogen (secondary N) is 2. The second kappa shape index (κ2) is 8.01.